The largest absolute Gasteiger partial charge is 0.305 e. The molecule has 4 heteroatoms. The van der Waals surface area contributed by atoms with Gasteiger partial charge in [0, 0.05) is 13.1 Å². The molecule has 1 aliphatic heterocycles. The first kappa shape index (κ1) is 13.7. The molecule has 0 N–H and O–H groups in total. The Morgan fingerprint density at radius 1 is 1.27 bits per heavy atom. The molecule has 1 aliphatic rings. The summed E-state index contributed by atoms with van der Waals surface area (Å²) in [5.74, 6) is 0. The van der Waals surface area contributed by atoms with Crippen molar-refractivity contribution in [1.82, 2.24) is 9.80 Å². The predicted molar refractivity (Wildman–Crippen MR) is 59.8 cm³/mol. The number of hydrogen-bond acceptors (Lipinski definition) is 4. The minimum absolute atomic E-state index is 0.0856. The lowest BCUT2D eigenvalue weighted by Gasteiger charge is -2.23. The van der Waals surface area contributed by atoms with Crippen molar-refractivity contribution < 1.29 is 0 Å². The van der Waals surface area contributed by atoms with Gasteiger partial charge in [-0.05, 0) is 20.0 Å². The number of likely N-dealkylation sites (N-methyl/N-ethyl adjacent to an activating group) is 1. The third-order valence-electron chi connectivity index (χ3n) is 2.36. The second-order valence-corrected chi connectivity index (χ2v) is 3.43. The molecule has 1 saturated heterocycles. The molecular formula is C11H20N4. The van der Waals surface area contributed by atoms with E-state index in [4.69, 9.17) is 10.5 Å². The van der Waals surface area contributed by atoms with Gasteiger partial charge in [-0.2, -0.15) is 10.5 Å². The van der Waals surface area contributed by atoms with Crippen molar-refractivity contribution >= 4 is 0 Å². The van der Waals surface area contributed by atoms with Crippen LogP contribution in [-0.2, 0) is 0 Å². The normalized spacial score (nSPS) is 21.7. The van der Waals surface area contributed by atoms with Gasteiger partial charge in [0.15, 0.2) is 6.19 Å². The van der Waals surface area contributed by atoms with Gasteiger partial charge in [0.1, 0.15) is 0 Å². The minimum Gasteiger partial charge on any atom is -0.305 e. The summed E-state index contributed by atoms with van der Waals surface area (Å²) in [6, 6.07) is 2.22. The van der Waals surface area contributed by atoms with Crippen LogP contribution in [0, 0.1) is 22.8 Å². The Morgan fingerprint density at radius 2 is 1.93 bits per heavy atom. The Balaban J connectivity index is 0.000000921. The molecule has 0 bridgehead atoms. The highest BCUT2D eigenvalue weighted by Gasteiger charge is 2.21. The van der Waals surface area contributed by atoms with E-state index in [1.54, 1.807) is 4.90 Å². The maximum absolute atomic E-state index is 8.85. The summed E-state index contributed by atoms with van der Waals surface area (Å²) < 4.78 is 0. The zero-order chi connectivity index (χ0) is 11.7. The van der Waals surface area contributed by atoms with Crippen molar-refractivity contribution in [3.8, 4) is 12.3 Å². The molecule has 1 unspecified atom stereocenters. The van der Waals surface area contributed by atoms with Crippen molar-refractivity contribution in [3.63, 3.8) is 0 Å². The number of hydrogen-bond donors (Lipinski definition) is 0. The Kier molecular flexibility index (Phi) is 7.40. The number of nitriles is 2. The van der Waals surface area contributed by atoms with Crippen molar-refractivity contribution in [2.24, 2.45) is 0 Å². The van der Waals surface area contributed by atoms with Crippen LogP contribution in [0.15, 0.2) is 0 Å². The molecule has 0 aliphatic carbocycles. The molecule has 1 fully saturated rings. The van der Waals surface area contributed by atoms with Crippen LogP contribution in [0.2, 0.25) is 0 Å². The molecule has 15 heavy (non-hydrogen) atoms. The maximum Gasteiger partial charge on any atom is 0.179 e. The smallest absolute Gasteiger partial charge is 0.179 e. The fraction of sp³-hybridized carbons (Fsp3) is 0.818. The van der Waals surface area contributed by atoms with Crippen molar-refractivity contribution in [2.75, 3.05) is 26.7 Å². The molecule has 0 aromatic heterocycles. The van der Waals surface area contributed by atoms with E-state index >= 15 is 0 Å². The van der Waals surface area contributed by atoms with Gasteiger partial charge in [-0.3, -0.25) is 0 Å². The van der Waals surface area contributed by atoms with Crippen LogP contribution in [0.5, 0.6) is 0 Å². The Labute approximate surface area is 92.7 Å². The molecule has 1 rings (SSSR count). The standard InChI is InChI=1S/C9H14N4.C2H6/c1-12-5-2-6-13(8-11)9(7-12)3-4-10;1-2/h9H,2-3,5-7H2,1H3;1-2H3. The Morgan fingerprint density at radius 3 is 2.47 bits per heavy atom. The number of nitrogens with zero attached hydrogens (tertiary/aromatic N) is 4. The number of rotatable bonds is 1. The molecule has 0 amide bonds. The van der Waals surface area contributed by atoms with Crippen molar-refractivity contribution in [2.45, 2.75) is 32.7 Å². The topological polar surface area (TPSA) is 54.1 Å². The maximum atomic E-state index is 8.85. The molecule has 0 spiro atoms. The zero-order valence-electron chi connectivity index (χ0n) is 9.90. The van der Waals surface area contributed by atoms with Crippen LogP contribution in [0.3, 0.4) is 0 Å². The lowest BCUT2D eigenvalue weighted by molar-refractivity contribution is 0.260. The van der Waals surface area contributed by atoms with E-state index in [-0.39, 0.29) is 6.04 Å². The van der Waals surface area contributed by atoms with E-state index in [1.165, 1.54) is 0 Å². The van der Waals surface area contributed by atoms with E-state index < -0.39 is 0 Å². The third-order valence-corrected chi connectivity index (χ3v) is 2.36. The van der Waals surface area contributed by atoms with Crippen LogP contribution < -0.4 is 0 Å². The predicted octanol–water partition coefficient (Wildman–Crippen LogP) is 1.41. The lowest BCUT2D eigenvalue weighted by Crippen LogP contribution is -2.36. The first-order valence-corrected chi connectivity index (χ1v) is 5.49. The molecule has 84 valence electrons. The second-order valence-electron chi connectivity index (χ2n) is 3.43. The van der Waals surface area contributed by atoms with Crippen LogP contribution in [0.1, 0.15) is 26.7 Å². The highest BCUT2D eigenvalue weighted by molar-refractivity contribution is 4.91. The van der Waals surface area contributed by atoms with Crippen molar-refractivity contribution in [3.05, 3.63) is 0 Å². The van der Waals surface area contributed by atoms with Gasteiger partial charge in [-0.1, -0.05) is 13.8 Å². The first-order chi connectivity index (χ1) is 7.27. The summed E-state index contributed by atoms with van der Waals surface area (Å²) in [7, 11) is 2.03. The van der Waals surface area contributed by atoms with Gasteiger partial charge >= 0.3 is 0 Å². The highest BCUT2D eigenvalue weighted by Crippen LogP contribution is 2.10. The summed E-state index contributed by atoms with van der Waals surface area (Å²) in [5.41, 5.74) is 0. The molecule has 0 aromatic rings. The second kappa shape index (κ2) is 8.08. The SMILES string of the molecule is CC.CN1CCCN(C#N)C(CC#N)C1. The van der Waals surface area contributed by atoms with Crippen LogP contribution in [-0.4, -0.2) is 42.5 Å². The Hall–Kier alpha value is -1.26. The highest BCUT2D eigenvalue weighted by atomic mass is 15.2. The van der Waals surface area contributed by atoms with E-state index in [0.29, 0.717) is 6.42 Å². The van der Waals surface area contributed by atoms with Gasteiger partial charge in [-0.25, -0.2) is 0 Å². The van der Waals surface area contributed by atoms with E-state index in [2.05, 4.69) is 17.2 Å². The van der Waals surface area contributed by atoms with Gasteiger partial charge < -0.3 is 9.80 Å². The van der Waals surface area contributed by atoms with Crippen LogP contribution in [0.4, 0.5) is 0 Å². The van der Waals surface area contributed by atoms with Crippen LogP contribution >= 0.6 is 0 Å². The zero-order valence-corrected chi connectivity index (χ0v) is 9.90. The average molecular weight is 208 g/mol. The fourth-order valence-electron chi connectivity index (χ4n) is 1.65. The summed E-state index contributed by atoms with van der Waals surface area (Å²) in [6.45, 7) is 6.62. The minimum atomic E-state index is 0.0856. The molecule has 4 nitrogen and oxygen atoms in total. The summed E-state index contributed by atoms with van der Waals surface area (Å²) in [4.78, 5) is 3.91. The summed E-state index contributed by atoms with van der Waals surface area (Å²) >= 11 is 0. The fourth-order valence-corrected chi connectivity index (χ4v) is 1.65. The van der Waals surface area contributed by atoms with Gasteiger partial charge in [0.05, 0.1) is 18.5 Å². The van der Waals surface area contributed by atoms with Gasteiger partial charge in [0.25, 0.3) is 0 Å². The van der Waals surface area contributed by atoms with Gasteiger partial charge in [-0.15, -0.1) is 0 Å². The van der Waals surface area contributed by atoms with E-state index in [9.17, 15) is 0 Å². The van der Waals surface area contributed by atoms with Crippen molar-refractivity contribution in [1.29, 1.82) is 10.5 Å². The van der Waals surface area contributed by atoms with E-state index in [1.807, 2.05) is 20.9 Å². The summed E-state index contributed by atoms with van der Waals surface area (Å²) in [5, 5.41) is 17.5. The lowest BCUT2D eigenvalue weighted by atomic mass is 10.2. The third kappa shape index (κ3) is 4.67. The molecule has 1 heterocycles. The van der Waals surface area contributed by atoms with Crippen LogP contribution in [0.25, 0.3) is 0 Å². The molecule has 0 aromatic carbocycles. The van der Waals surface area contributed by atoms with E-state index in [0.717, 1.165) is 26.1 Å². The molecule has 0 saturated carbocycles. The first-order valence-electron chi connectivity index (χ1n) is 5.49. The van der Waals surface area contributed by atoms with Gasteiger partial charge in [0.2, 0.25) is 0 Å². The molecular weight excluding hydrogens is 188 g/mol. The molecule has 0 radical (unpaired) electrons. The monoisotopic (exact) mass is 208 g/mol. The quantitative estimate of drug-likeness (QED) is 0.611. The Bertz CT molecular complexity index is 238. The molecule has 1 atom stereocenters. The average Bonchev–Trinajstić information content (AvgIpc) is 2.43. The summed E-state index contributed by atoms with van der Waals surface area (Å²) in [6.07, 6.45) is 3.60.